The lowest BCUT2D eigenvalue weighted by molar-refractivity contribution is -0.140. The minimum Gasteiger partial charge on any atom is -0.342 e. The van der Waals surface area contributed by atoms with E-state index < -0.39 is 5.41 Å². The quantitative estimate of drug-likeness (QED) is 0.663. The molecule has 82 valence electrons. The van der Waals surface area contributed by atoms with Crippen molar-refractivity contribution in [2.45, 2.75) is 39.7 Å². The number of hydrogen-bond donors (Lipinski definition) is 0. The van der Waals surface area contributed by atoms with Crippen LogP contribution in [0.15, 0.2) is 0 Å². The highest BCUT2D eigenvalue weighted by atomic mass is 35.5. The molecular formula is C11H20ClNO. The highest BCUT2D eigenvalue weighted by Gasteiger charge is 2.37. The fourth-order valence-electron chi connectivity index (χ4n) is 1.61. The van der Waals surface area contributed by atoms with Gasteiger partial charge in [-0.1, -0.05) is 0 Å². The second-order valence-corrected chi connectivity index (χ2v) is 5.28. The normalized spacial score (nSPS) is 19.2. The Morgan fingerprint density at radius 2 is 2.07 bits per heavy atom. The van der Waals surface area contributed by atoms with E-state index >= 15 is 0 Å². The van der Waals surface area contributed by atoms with Crippen molar-refractivity contribution in [3.05, 3.63) is 0 Å². The van der Waals surface area contributed by atoms with Crippen LogP contribution in [0.4, 0.5) is 0 Å². The second-order valence-electron chi connectivity index (χ2n) is 5.01. The number of hydrogen-bond acceptors (Lipinski definition) is 1. The van der Waals surface area contributed by atoms with Gasteiger partial charge >= 0.3 is 0 Å². The van der Waals surface area contributed by atoms with E-state index in [9.17, 15) is 4.79 Å². The molecule has 1 unspecified atom stereocenters. The first-order chi connectivity index (χ1) is 6.40. The third-order valence-electron chi connectivity index (χ3n) is 3.15. The molecule has 1 amide bonds. The number of halogens is 1. The highest BCUT2D eigenvalue weighted by molar-refractivity contribution is 6.19. The molecule has 1 atom stereocenters. The summed E-state index contributed by atoms with van der Waals surface area (Å²) in [7, 11) is 1.89. The summed E-state index contributed by atoms with van der Waals surface area (Å²) in [6, 6.07) is 0.366. The molecule has 0 bridgehead atoms. The second kappa shape index (κ2) is 4.09. The molecule has 0 heterocycles. The third kappa shape index (κ3) is 2.41. The van der Waals surface area contributed by atoms with Gasteiger partial charge in [0.1, 0.15) is 0 Å². The van der Waals surface area contributed by atoms with Gasteiger partial charge in [0, 0.05) is 19.0 Å². The summed E-state index contributed by atoms with van der Waals surface area (Å²) < 4.78 is 0. The van der Waals surface area contributed by atoms with Gasteiger partial charge in [-0.25, -0.2) is 0 Å². The third-order valence-corrected chi connectivity index (χ3v) is 3.82. The van der Waals surface area contributed by atoms with E-state index in [1.165, 1.54) is 12.8 Å². The topological polar surface area (TPSA) is 20.3 Å². The van der Waals surface area contributed by atoms with E-state index in [0.29, 0.717) is 11.9 Å². The van der Waals surface area contributed by atoms with E-state index in [-0.39, 0.29) is 5.91 Å². The van der Waals surface area contributed by atoms with Crippen LogP contribution in [0, 0.1) is 11.3 Å². The molecule has 3 heteroatoms. The van der Waals surface area contributed by atoms with E-state index in [2.05, 4.69) is 6.92 Å². The first kappa shape index (κ1) is 11.8. The number of nitrogens with zero attached hydrogens (tertiary/aromatic N) is 1. The molecule has 2 nitrogen and oxygen atoms in total. The molecule has 0 spiro atoms. The van der Waals surface area contributed by atoms with Crippen molar-refractivity contribution >= 4 is 17.5 Å². The fourth-order valence-corrected chi connectivity index (χ4v) is 1.73. The molecule has 1 aliphatic rings. The average Bonchev–Trinajstić information content (AvgIpc) is 2.97. The molecule has 0 aromatic rings. The van der Waals surface area contributed by atoms with Gasteiger partial charge in [-0.15, -0.1) is 11.6 Å². The Labute approximate surface area is 91.6 Å². The number of alkyl halides is 1. The molecule has 0 N–H and O–H groups in total. The molecule has 0 aromatic heterocycles. The Kier molecular flexibility index (Phi) is 3.46. The lowest BCUT2D eigenvalue weighted by Crippen LogP contribution is -2.44. The van der Waals surface area contributed by atoms with E-state index in [1.807, 2.05) is 25.8 Å². The van der Waals surface area contributed by atoms with Crippen LogP contribution in [-0.2, 0) is 4.79 Å². The first-order valence-corrected chi connectivity index (χ1v) is 5.77. The summed E-state index contributed by atoms with van der Waals surface area (Å²) >= 11 is 5.78. The molecule has 0 saturated heterocycles. The highest BCUT2D eigenvalue weighted by Crippen LogP contribution is 2.36. The monoisotopic (exact) mass is 217 g/mol. The smallest absolute Gasteiger partial charge is 0.229 e. The molecule has 0 aromatic carbocycles. The van der Waals surface area contributed by atoms with Gasteiger partial charge in [-0.05, 0) is 39.5 Å². The number of rotatable bonds is 4. The van der Waals surface area contributed by atoms with Crippen LogP contribution < -0.4 is 0 Å². The summed E-state index contributed by atoms with van der Waals surface area (Å²) in [5, 5.41) is 0. The van der Waals surface area contributed by atoms with Crippen molar-refractivity contribution in [3.8, 4) is 0 Å². The fraction of sp³-hybridized carbons (Fsp3) is 0.909. The van der Waals surface area contributed by atoms with Gasteiger partial charge < -0.3 is 4.90 Å². The van der Waals surface area contributed by atoms with Crippen LogP contribution in [-0.4, -0.2) is 29.8 Å². The Balaban J connectivity index is 2.58. The number of carbonyl (C=O) groups excluding carboxylic acids is 1. The van der Waals surface area contributed by atoms with Gasteiger partial charge in [0.05, 0.1) is 5.41 Å². The summed E-state index contributed by atoms with van der Waals surface area (Å²) in [6.45, 7) is 5.93. The SMILES string of the molecule is CC(C1CC1)N(C)C(=O)C(C)(C)CCl. The average molecular weight is 218 g/mol. The van der Waals surface area contributed by atoms with Crippen LogP contribution in [0.2, 0.25) is 0 Å². The van der Waals surface area contributed by atoms with Crippen molar-refractivity contribution in [3.63, 3.8) is 0 Å². The maximum Gasteiger partial charge on any atom is 0.229 e. The molecule has 1 aliphatic carbocycles. The van der Waals surface area contributed by atoms with Crippen LogP contribution in [0.3, 0.4) is 0 Å². The van der Waals surface area contributed by atoms with Gasteiger partial charge in [0.15, 0.2) is 0 Å². The first-order valence-electron chi connectivity index (χ1n) is 5.23. The van der Waals surface area contributed by atoms with Gasteiger partial charge in [0.25, 0.3) is 0 Å². The number of carbonyl (C=O) groups is 1. The molecule has 0 radical (unpaired) electrons. The Bertz CT molecular complexity index is 223. The predicted octanol–water partition coefficient (Wildman–Crippen LogP) is 2.51. The molecular weight excluding hydrogens is 198 g/mol. The van der Waals surface area contributed by atoms with Crippen LogP contribution in [0.1, 0.15) is 33.6 Å². The summed E-state index contributed by atoms with van der Waals surface area (Å²) in [6.07, 6.45) is 2.53. The maximum atomic E-state index is 12.0. The van der Waals surface area contributed by atoms with Crippen molar-refractivity contribution in [2.75, 3.05) is 12.9 Å². The van der Waals surface area contributed by atoms with Crippen LogP contribution >= 0.6 is 11.6 Å². The summed E-state index contributed by atoms with van der Waals surface area (Å²) in [5.41, 5.74) is -0.431. The maximum absolute atomic E-state index is 12.0. The van der Waals surface area contributed by atoms with Gasteiger partial charge in [0.2, 0.25) is 5.91 Å². The Morgan fingerprint density at radius 3 is 2.43 bits per heavy atom. The van der Waals surface area contributed by atoms with E-state index in [0.717, 1.165) is 5.92 Å². The molecule has 14 heavy (non-hydrogen) atoms. The standard InChI is InChI=1S/C11H20ClNO/c1-8(9-5-6-9)13(4)10(14)11(2,3)7-12/h8-9H,5-7H2,1-4H3. The minimum atomic E-state index is -0.431. The molecule has 0 aliphatic heterocycles. The van der Waals surface area contributed by atoms with Crippen molar-refractivity contribution in [1.29, 1.82) is 0 Å². The zero-order valence-corrected chi connectivity index (χ0v) is 10.3. The Morgan fingerprint density at radius 1 is 1.57 bits per heavy atom. The zero-order chi connectivity index (χ0) is 10.9. The lowest BCUT2D eigenvalue weighted by atomic mass is 9.93. The molecule has 1 saturated carbocycles. The van der Waals surface area contributed by atoms with Crippen LogP contribution in [0.5, 0.6) is 0 Å². The minimum absolute atomic E-state index is 0.159. The predicted molar refractivity (Wildman–Crippen MR) is 59.5 cm³/mol. The summed E-state index contributed by atoms with van der Waals surface area (Å²) in [5.74, 6) is 1.26. The van der Waals surface area contributed by atoms with Gasteiger partial charge in [-0.2, -0.15) is 0 Å². The van der Waals surface area contributed by atoms with Crippen molar-refractivity contribution < 1.29 is 4.79 Å². The molecule has 1 fully saturated rings. The zero-order valence-electron chi connectivity index (χ0n) is 9.51. The van der Waals surface area contributed by atoms with Crippen molar-refractivity contribution in [2.24, 2.45) is 11.3 Å². The largest absolute Gasteiger partial charge is 0.342 e. The summed E-state index contributed by atoms with van der Waals surface area (Å²) in [4.78, 5) is 13.9. The van der Waals surface area contributed by atoms with E-state index in [1.54, 1.807) is 0 Å². The van der Waals surface area contributed by atoms with Gasteiger partial charge in [-0.3, -0.25) is 4.79 Å². The Hall–Kier alpha value is -0.240. The van der Waals surface area contributed by atoms with Crippen molar-refractivity contribution in [1.82, 2.24) is 4.90 Å². The van der Waals surface area contributed by atoms with Crippen LogP contribution in [0.25, 0.3) is 0 Å². The lowest BCUT2D eigenvalue weighted by Gasteiger charge is -2.32. The van der Waals surface area contributed by atoms with E-state index in [4.69, 9.17) is 11.6 Å². The number of amides is 1. The molecule has 1 rings (SSSR count).